The fourth-order valence-electron chi connectivity index (χ4n) is 1.91. The molecule has 3 amide bonds. The molecule has 7 nitrogen and oxygen atoms in total. The van der Waals surface area contributed by atoms with Crippen LogP contribution in [0.2, 0.25) is 0 Å². The third-order valence-corrected chi connectivity index (χ3v) is 3.44. The molecule has 0 aromatic heterocycles. The zero-order valence-corrected chi connectivity index (χ0v) is 13.4. The summed E-state index contributed by atoms with van der Waals surface area (Å²) in [4.78, 5) is 34.7. The highest BCUT2D eigenvalue weighted by Gasteiger charge is 2.25. The Morgan fingerprint density at radius 2 is 1.87 bits per heavy atom. The van der Waals surface area contributed by atoms with E-state index in [9.17, 15) is 14.4 Å². The first-order chi connectivity index (χ1) is 10.9. The van der Waals surface area contributed by atoms with E-state index in [0.717, 1.165) is 5.56 Å². The van der Waals surface area contributed by atoms with Crippen LogP contribution in [0, 0.1) is 5.92 Å². The van der Waals surface area contributed by atoms with E-state index in [4.69, 9.17) is 10.5 Å². The number of esters is 1. The summed E-state index contributed by atoms with van der Waals surface area (Å²) >= 11 is 0. The lowest BCUT2D eigenvalue weighted by Crippen LogP contribution is -2.52. The molecule has 0 saturated carbocycles. The van der Waals surface area contributed by atoms with Gasteiger partial charge >= 0.3 is 12.0 Å². The van der Waals surface area contributed by atoms with Crippen LogP contribution in [0.15, 0.2) is 30.3 Å². The van der Waals surface area contributed by atoms with Crippen LogP contribution in [0.3, 0.4) is 0 Å². The summed E-state index contributed by atoms with van der Waals surface area (Å²) in [7, 11) is 0. The van der Waals surface area contributed by atoms with E-state index in [1.807, 2.05) is 44.2 Å². The number of urea groups is 1. The van der Waals surface area contributed by atoms with E-state index in [0.29, 0.717) is 6.42 Å². The maximum Gasteiger partial charge on any atom is 0.325 e. The predicted octanol–water partition coefficient (Wildman–Crippen LogP) is 0.929. The number of benzene rings is 1. The standard InChI is InChI=1S/C16H23N3O4/c1-3-11(2)14(19-16(17)22)15(21)18-9-13(20)23-10-12-7-5-4-6-8-12/h4-8,11,14H,3,9-10H2,1-2H3,(H,18,21)(H3,17,19,22)/t11-,14-/m1/s1. The van der Waals surface area contributed by atoms with Crippen molar-refractivity contribution in [3.8, 4) is 0 Å². The molecule has 0 bridgehead atoms. The Labute approximate surface area is 135 Å². The molecule has 7 heteroatoms. The number of rotatable bonds is 8. The van der Waals surface area contributed by atoms with E-state index < -0.39 is 23.9 Å². The van der Waals surface area contributed by atoms with Crippen molar-refractivity contribution < 1.29 is 19.1 Å². The van der Waals surface area contributed by atoms with Gasteiger partial charge in [0.25, 0.3) is 0 Å². The van der Waals surface area contributed by atoms with Gasteiger partial charge < -0.3 is 21.1 Å². The van der Waals surface area contributed by atoms with E-state index in [1.54, 1.807) is 0 Å². The van der Waals surface area contributed by atoms with Gasteiger partial charge in [-0.05, 0) is 11.5 Å². The highest BCUT2D eigenvalue weighted by molar-refractivity contribution is 5.89. The molecule has 0 aliphatic heterocycles. The molecule has 0 aliphatic rings. The van der Waals surface area contributed by atoms with Crippen molar-refractivity contribution in [2.45, 2.75) is 32.9 Å². The van der Waals surface area contributed by atoms with Crippen LogP contribution in [-0.4, -0.2) is 30.5 Å². The lowest BCUT2D eigenvalue weighted by molar-refractivity contribution is -0.145. The van der Waals surface area contributed by atoms with Crippen molar-refractivity contribution in [1.29, 1.82) is 0 Å². The van der Waals surface area contributed by atoms with Gasteiger partial charge in [-0.2, -0.15) is 0 Å². The number of primary amides is 1. The number of amides is 3. The van der Waals surface area contributed by atoms with Gasteiger partial charge in [-0.3, -0.25) is 9.59 Å². The van der Waals surface area contributed by atoms with Crippen LogP contribution in [0.4, 0.5) is 4.79 Å². The van der Waals surface area contributed by atoms with Crippen LogP contribution < -0.4 is 16.4 Å². The second-order valence-corrected chi connectivity index (χ2v) is 5.24. The maximum atomic E-state index is 12.1. The smallest absolute Gasteiger partial charge is 0.325 e. The Morgan fingerprint density at radius 1 is 1.22 bits per heavy atom. The van der Waals surface area contributed by atoms with Crippen molar-refractivity contribution >= 4 is 17.9 Å². The van der Waals surface area contributed by atoms with Gasteiger partial charge in [-0.25, -0.2) is 4.79 Å². The third kappa shape index (κ3) is 6.82. The monoisotopic (exact) mass is 321 g/mol. The van der Waals surface area contributed by atoms with Crippen molar-refractivity contribution in [3.63, 3.8) is 0 Å². The predicted molar refractivity (Wildman–Crippen MR) is 85.2 cm³/mol. The summed E-state index contributed by atoms with van der Waals surface area (Å²) in [5, 5.41) is 4.84. The van der Waals surface area contributed by atoms with Crippen LogP contribution in [-0.2, 0) is 20.9 Å². The number of hydrogen-bond donors (Lipinski definition) is 3. The minimum absolute atomic E-state index is 0.108. The molecule has 1 rings (SSSR count). The summed E-state index contributed by atoms with van der Waals surface area (Å²) in [6, 6.07) is 7.67. The number of nitrogens with one attached hydrogen (secondary N) is 2. The van der Waals surface area contributed by atoms with Gasteiger partial charge in [0, 0.05) is 0 Å². The van der Waals surface area contributed by atoms with Gasteiger partial charge in [0.2, 0.25) is 5.91 Å². The zero-order valence-electron chi connectivity index (χ0n) is 13.4. The van der Waals surface area contributed by atoms with E-state index in [-0.39, 0.29) is 19.1 Å². The molecular formula is C16H23N3O4. The molecule has 2 atom stereocenters. The van der Waals surface area contributed by atoms with E-state index in [2.05, 4.69) is 10.6 Å². The highest BCUT2D eigenvalue weighted by atomic mass is 16.5. The fourth-order valence-corrected chi connectivity index (χ4v) is 1.91. The molecule has 0 spiro atoms. The molecule has 0 radical (unpaired) electrons. The highest BCUT2D eigenvalue weighted by Crippen LogP contribution is 2.07. The first-order valence-corrected chi connectivity index (χ1v) is 7.47. The molecule has 0 heterocycles. The quantitative estimate of drug-likeness (QED) is 0.618. The largest absolute Gasteiger partial charge is 0.460 e. The SMILES string of the molecule is CC[C@@H](C)[C@@H](NC(N)=O)C(=O)NCC(=O)OCc1ccccc1. The molecular weight excluding hydrogens is 298 g/mol. The molecule has 0 fully saturated rings. The van der Waals surface area contributed by atoms with Crippen molar-refractivity contribution in [2.75, 3.05) is 6.54 Å². The molecule has 0 unspecified atom stereocenters. The van der Waals surface area contributed by atoms with Gasteiger partial charge in [0.05, 0.1) is 0 Å². The number of hydrogen-bond acceptors (Lipinski definition) is 4. The average Bonchev–Trinajstić information content (AvgIpc) is 2.55. The Bertz CT molecular complexity index is 533. The molecule has 23 heavy (non-hydrogen) atoms. The molecule has 4 N–H and O–H groups in total. The van der Waals surface area contributed by atoms with Gasteiger partial charge in [0.15, 0.2) is 0 Å². The third-order valence-electron chi connectivity index (χ3n) is 3.44. The first kappa shape index (κ1) is 18.5. The van der Waals surface area contributed by atoms with Crippen LogP contribution in [0.25, 0.3) is 0 Å². The molecule has 0 aliphatic carbocycles. The summed E-state index contributed by atoms with van der Waals surface area (Å²) in [6.45, 7) is 3.58. The topological polar surface area (TPSA) is 111 Å². The molecule has 126 valence electrons. The van der Waals surface area contributed by atoms with Crippen LogP contribution >= 0.6 is 0 Å². The molecule has 1 aromatic rings. The lowest BCUT2D eigenvalue weighted by atomic mass is 9.98. The number of carbonyl (C=O) groups is 3. The Kier molecular flexibility index (Phi) is 7.59. The maximum absolute atomic E-state index is 12.1. The van der Waals surface area contributed by atoms with Crippen LogP contribution in [0.1, 0.15) is 25.8 Å². The Balaban J connectivity index is 2.43. The van der Waals surface area contributed by atoms with E-state index in [1.165, 1.54) is 0 Å². The van der Waals surface area contributed by atoms with Gasteiger partial charge in [-0.15, -0.1) is 0 Å². The van der Waals surface area contributed by atoms with Crippen molar-refractivity contribution in [3.05, 3.63) is 35.9 Å². The minimum atomic E-state index is -0.780. The van der Waals surface area contributed by atoms with Gasteiger partial charge in [0.1, 0.15) is 19.2 Å². The average molecular weight is 321 g/mol. The summed E-state index contributed by atoms with van der Waals surface area (Å²) in [5.41, 5.74) is 5.93. The normalized spacial score (nSPS) is 12.8. The summed E-state index contributed by atoms with van der Waals surface area (Å²) < 4.78 is 5.06. The molecule has 0 saturated heterocycles. The Morgan fingerprint density at radius 3 is 2.43 bits per heavy atom. The van der Waals surface area contributed by atoms with Gasteiger partial charge in [-0.1, -0.05) is 50.6 Å². The zero-order chi connectivity index (χ0) is 17.2. The van der Waals surface area contributed by atoms with Crippen molar-refractivity contribution in [1.82, 2.24) is 10.6 Å². The fraction of sp³-hybridized carbons (Fsp3) is 0.438. The van der Waals surface area contributed by atoms with Crippen LogP contribution in [0.5, 0.6) is 0 Å². The second-order valence-electron chi connectivity index (χ2n) is 5.24. The lowest BCUT2D eigenvalue weighted by Gasteiger charge is -2.22. The number of carbonyl (C=O) groups excluding carboxylic acids is 3. The Hall–Kier alpha value is -2.57. The number of nitrogens with two attached hydrogens (primary N) is 1. The minimum Gasteiger partial charge on any atom is -0.460 e. The van der Waals surface area contributed by atoms with Crippen molar-refractivity contribution in [2.24, 2.45) is 11.7 Å². The summed E-state index contributed by atoms with van der Waals surface area (Å²) in [5.74, 6) is -1.12. The second kappa shape index (κ2) is 9.45. The number of ether oxygens (including phenoxy) is 1. The summed E-state index contributed by atoms with van der Waals surface area (Å²) in [6.07, 6.45) is 0.677. The molecule has 1 aromatic carbocycles. The van der Waals surface area contributed by atoms with E-state index >= 15 is 0 Å². The first-order valence-electron chi connectivity index (χ1n) is 7.47.